The number of thioether (sulfide) groups is 1. The molecule has 2 rings (SSSR count). The fraction of sp³-hybridized carbons (Fsp3) is 0.500. The second-order valence-electron chi connectivity index (χ2n) is 3.96. The van der Waals surface area contributed by atoms with Crippen molar-refractivity contribution in [3.8, 4) is 5.75 Å². The summed E-state index contributed by atoms with van der Waals surface area (Å²) in [6.45, 7) is 0.736. The van der Waals surface area contributed by atoms with E-state index >= 15 is 0 Å². The van der Waals surface area contributed by atoms with Gasteiger partial charge in [0.1, 0.15) is 5.75 Å². The number of benzene rings is 1. The molecule has 88 valence electrons. The van der Waals surface area contributed by atoms with Gasteiger partial charge >= 0.3 is 0 Å². The summed E-state index contributed by atoms with van der Waals surface area (Å²) < 4.78 is 5.42. The van der Waals surface area contributed by atoms with E-state index in [0.29, 0.717) is 6.04 Å². The Bertz CT molecular complexity index is 356. The highest BCUT2D eigenvalue weighted by atomic mass is 32.2. The first-order chi connectivity index (χ1) is 7.77. The predicted molar refractivity (Wildman–Crippen MR) is 69.6 cm³/mol. The molecule has 0 radical (unpaired) electrons. The Morgan fingerprint density at radius 1 is 1.56 bits per heavy atom. The molecule has 1 atom stereocenters. The molecular formula is C12H18N2OS. The van der Waals surface area contributed by atoms with E-state index in [1.807, 2.05) is 23.9 Å². The molecule has 0 saturated carbocycles. The van der Waals surface area contributed by atoms with E-state index in [1.54, 1.807) is 7.11 Å². The van der Waals surface area contributed by atoms with Crippen LogP contribution in [0.5, 0.6) is 5.75 Å². The molecule has 16 heavy (non-hydrogen) atoms. The number of para-hydroxylation sites is 1. The Kier molecular flexibility index (Phi) is 3.61. The average Bonchev–Trinajstić information content (AvgIpc) is 2.32. The third-order valence-corrected chi connectivity index (χ3v) is 4.21. The van der Waals surface area contributed by atoms with Crippen molar-refractivity contribution < 1.29 is 4.74 Å². The Hall–Kier alpha value is -0.870. The molecule has 1 heterocycles. The van der Waals surface area contributed by atoms with Crippen molar-refractivity contribution in [2.45, 2.75) is 17.4 Å². The number of nitrogens with two attached hydrogens (primary N) is 1. The summed E-state index contributed by atoms with van der Waals surface area (Å²) in [5.74, 6) is 2.06. The fourth-order valence-electron chi connectivity index (χ4n) is 2.08. The molecule has 0 aromatic heterocycles. The zero-order chi connectivity index (χ0) is 11.5. The summed E-state index contributed by atoms with van der Waals surface area (Å²) in [5, 5.41) is 0. The van der Waals surface area contributed by atoms with Crippen molar-refractivity contribution in [1.29, 1.82) is 0 Å². The lowest BCUT2D eigenvalue weighted by Crippen LogP contribution is -2.38. The quantitative estimate of drug-likeness (QED) is 0.873. The van der Waals surface area contributed by atoms with E-state index in [4.69, 9.17) is 10.5 Å². The minimum absolute atomic E-state index is 0.513. The second-order valence-corrected chi connectivity index (χ2v) is 5.02. The van der Waals surface area contributed by atoms with Crippen LogP contribution in [0.15, 0.2) is 23.1 Å². The maximum Gasteiger partial charge on any atom is 0.143 e. The number of methoxy groups -OCH3 is 1. The van der Waals surface area contributed by atoms with Crippen molar-refractivity contribution >= 4 is 17.4 Å². The molecule has 2 N–H and O–H groups in total. The van der Waals surface area contributed by atoms with Crippen LogP contribution < -0.4 is 15.4 Å². The molecule has 1 aromatic rings. The lowest BCUT2D eigenvalue weighted by atomic mass is 10.1. The van der Waals surface area contributed by atoms with E-state index in [0.717, 1.165) is 24.5 Å². The summed E-state index contributed by atoms with van der Waals surface area (Å²) >= 11 is 1.89. The molecule has 1 unspecified atom stereocenters. The number of hydrogen-bond acceptors (Lipinski definition) is 4. The number of nitrogens with zero attached hydrogens (tertiary/aromatic N) is 1. The van der Waals surface area contributed by atoms with Gasteiger partial charge in [-0.3, -0.25) is 0 Å². The van der Waals surface area contributed by atoms with Crippen LogP contribution in [0.2, 0.25) is 0 Å². The molecule has 0 saturated heterocycles. The Morgan fingerprint density at radius 3 is 3.06 bits per heavy atom. The standard InChI is InChI=1S/C12H18N2OS/c1-14-9(6-7-13)8-16-11-5-3-4-10(15-2)12(11)14/h3-5,9H,6-8,13H2,1-2H3. The second kappa shape index (κ2) is 4.97. The van der Waals surface area contributed by atoms with Gasteiger partial charge in [0.05, 0.1) is 12.8 Å². The van der Waals surface area contributed by atoms with Crippen LogP contribution in [0.4, 0.5) is 5.69 Å². The summed E-state index contributed by atoms with van der Waals surface area (Å²) in [6, 6.07) is 6.72. The van der Waals surface area contributed by atoms with Crippen LogP contribution >= 0.6 is 11.8 Å². The summed E-state index contributed by atoms with van der Waals surface area (Å²) in [6.07, 6.45) is 1.03. The molecule has 0 fully saturated rings. The van der Waals surface area contributed by atoms with Crippen LogP contribution in [0.3, 0.4) is 0 Å². The first-order valence-electron chi connectivity index (χ1n) is 5.50. The highest BCUT2D eigenvalue weighted by Crippen LogP contribution is 2.43. The SMILES string of the molecule is COc1cccc2c1N(C)C(CCN)CS2. The van der Waals surface area contributed by atoms with Crippen molar-refractivity contribution in [1.82, 2.24) is 0 Å². The monoisotopic (exact) mass is 238 g/mol. The highest BCUT2D eigenvalue weighted by molar-refractivity contribution is 7.99. The zero-order valence-electron chi connectivity index (χ0n) is 9.77. The van der Waals surface area contributed by atoms with Gasteiger partial charge in [0.25, 0.3) is 0 Å². The van der Waals surface area contributed by atoms with E-state index in [2.05, 4.69) is 18.0 Å². The van der Waals surface area contributed by atoms with Crippen molar-refractivity contribution in [2.75, 3.05) is 31.4 Å². The van der Waals surface area contributed by atoms with Crippen LogP contribution in [-0.4, -0.2) is 32.5 Å². The zero-order valence-corrected chi connectivity index (χ0v) is 10.6. The Balaban J connectivity index is 2.34. The minimum atomic E-state index is 0.513. The minimum Gasteiger partial charge on any atom is -0.495 e. The van der Waals surface area contributed by atoms with E-state index < -0.39 is 0 Å². The molecule has 1 aliphatic heterocycles. The lowest BCUT2D eigenvalue weighted by molar-refractivity contribution is 0.412. The smallest absolute Gasteiger partial charge is 0.143 e. The molecule has 0 amide bonds. The third-order valence-electron chi connectivity index (χ3n) is 3.01. The van der Waals surface area contributed by atoms with Gasteiger partial charge in [-0.25, -0.2) is 0 Å². The number of anilines is 1. The van der Waals surface area contributed by atoms with Gasteiger partial charge in [0.2, 0.25) is 0 Å². The number of rotatable bonds is 3. The largest absolute Gasteiger partial charge is 0.495 e. The lowest BCUT2D eigenvalue weighted by Gasteiger charge is -2.36. The first-order valence-corrected chi connectivity index (χ1v) is 6.49. The van der Waals surface area contributed by atoms with Gasteiger partial charge in [-0.15, -0.1) is 11.8 Å². The van der Waals surface area contributed by atoms with E-state index in [1.165, 1.54) is 10.6 Å². The molecule has 3 nitrogen and oxygen atoms in total. The number of fused-ring (bicyclic) bond motifs is 1. The van der Waals surface area contributed by atoms with Crippen LogP contribution in [0, 0.1) is 0 Å². The highest BCUT2D eigenvalue weighted by Gasteiger charge is 2.25. The number of hydrogen-bond donors (Lipinski definition) is 1. The van der Waals surface area contributed by atoms with Gasteiger partial charge in [-0.1, -0.05) is 6.07 Å². The molecule has 1 aliphatic rings. The van der Waals surface area contributed by atoms with Crippen molar-refractivity contribution in [2.24, 2.45) is 5.73 Å². The molecular weight excluding hydrogens is 220 g/mol. The predicted octanol–water partition coefficient (Wildman–Crippen LogP) is 1.95. The van der Waals surface area contributed by atoms with Crippen LogP contribution in [0.25, 0.3) is 0 Å². The van der Waals surface area contributed by atoms with E-state index in [9.17, 15) is 0 Å². The average molecular weight is 238 g/mol. The van der Waals surface area contributed by atoms with E-state index in [-0.39, 0.29) is 0 Å². The number of ether oxygens (including phenoxy) is 1. The molecule has 0 bridgehead atoms. The first kappa shape index (κ1) is 11.6. The molecule has 0 spiro atoms. The summed E-state index contributed by atoms with van der Waals surface area (Å²) in [4.78, 5) is 3.60. The molecule has 0 aliphatic carbocycles. The maximum atomic E-state index is 5.64. The van der Waals surface area contributed by atoms with Gasteiger partial charge < -0.3 is 15.4 Å². The fourth-order valence-corrected chi connectivity index (χ4v) is 3.40. The molecule has 1 aromatic carbocycles. The van der Waals surface area contributed by atoms with Gasteiger partial charge in [-0.2, -0.15) is 0 Å². The third kappa shape index (κ3) is 1.99. The summed E-state index contributed by atoms with van der Waals surface area (Å²) in [5.41, 5.74) is 6.85. The normalized spacial score (nSPS) is 19.4. The van der Waals surface area contributed by atoms with Crippen LogP contribution in [-0.2, 0) is 0 Å². The van der Waals surface area contributed by atoms with Gasteiger partial charge in [0, 0.05) is 23.7 Å². The van der Waals surface area contributed by atoms with Crippen LogP contribution in [0.1, 0.15) is 6.42 Å². The Morgan fingerprint density at radius 2 is 2.38 bits per heavy atom. The van der Waals surface area contributed by atoms with Crippen molar-refractivity contribution in [3.05, 3.63) is 18.2 Å². The molecule has 4 heteroatoms. The topological polar surface area (TPSA) is 38.5 Å². The maximum absolute atomic E-state index is 5.64. The van der Waals surface area contributed by atoms with Gasteiger partial charge in [0.15, 0.2) is 0 Å². The van der Waals surface area contributed by atoms with Crippen molar-refractivity contribution in [3.63, 3.8) is 0 Å². The summed E-state index contributed by atoms with van der Waals surface area (Å²) in [7, 11) is 3.85. The Labute approximate surface area is 101 Å². The van der Waals surface area contributed by atoms with Gasteiger partial charge in [-0.05, 0) is 25.1 Å².